The standard InChI is InChI=1S/C19H24N2OS/c1-14-12-17(15(2)21(14)16-8-4-3-5-9-16)18(22)13-23-19-10-6-7-11-20-19/h6-7,10-12,16H,3-5,8-9,13H2,1-2H3. The van der Waals surface area contributed by atoms with Crippen LogP contribution < -0.4 is 0 Å². The molecule has 0 bridgehead atoms. The molecule has 23 heavy (non-hydrogen) atoms. The first kappa shape index (κ1) is 16.3. The molecule has 3 nitrogen and oxygen atoms in total. The molecule has 0 spiro atoms. The molecule has 1 aliphatic carbocycles. The van der Waals surface area contributed by atoms with E-state index in [1.807, 2.05) is 18.2 Å². The van der Waals surface area contributed by atoms with Gasteiger partial charge in [-0.25, -0.2) is 4.98 Å². The quantitative estimate of drug-likeness (QED) is 0.573. The summed E-state index contributed by atoms with van der Waals surface area (Å²) in [5, 5.41) is 0.905. The Morgan fingerprint density at radius 2 is 2.04 bits per heavy atom. The van der Waals surface area contributed by atoms with Crippen LogP contribution in [0, 0.1) is 13.8 Å². The highest BCUT2D eigenvalue weighted by molar-refractivity contribution is 7.99. The summed E-state index contributed by atoms with van der Waals surface area (Å²) >= 11 is 1.51. The van der Waals surface area contributed by atoms with Crippen LogP contribution in [0.2, 0.25) is 0 Å². The number of rotatable bonds is 5. The van der Waals surface area contributed by atoms with Gasteiger partial charge in [0.1, 0.15) is 0 Å². The van der Waals surface area contributed by atoms with Gasteiger partial charge >= 0.3 is 0 Å². The molecule has 3 rings (SSSR count). The zero-order chi connectivity index (χ0) is 16.2. The second-order valence-corrected chi connectivity index (χ2v) is 7.32. The van der Waals surface area contributed by atoms with Crippen LogP contribution in [0.5, 0.6) is 0 Å². The third kappa shape index (κ3) is 3.69. The van der Waals surface area contributed by atoms with Crippen LogP contribution >= 0.6 is 11.8 Å². The first-order valence-electron chi connectivity index (χ1n) is 8.42. The number of aryl methyl sites for hydroxylation is 1. The molecule has 122 valence electrons. The zero-order valence-electron chi connectivity index (χ0n) is 13.9. The van der Waals surface area contributed by atoms with Crippen LogP contribution in [0.4, 0.5) is 0 Å². The second kappa shape index (κ2) is 7.35. The molecule has 1 saturated carbocycles. The number of nitrogens with zero attached hydrogens (tertiary/aromatic N) is 2. The second-order valence-electron chi connectivity index (χ2n) is 6.33. The SMILES string of the molecule is Cc1cc(C(=O)CSc2ccccn2)c(C)n1C1CCCCC1. The van der Waals surface area contributed by atoms with Crippen molar-refractivity contribution in [1.82, 2.24) is 9.55 Å². The lowest BCUT2D eigenvalue weighted by molar-refractivity contribution is 0.102. The van der Waals surface area contributed by atoms with Crippen molar-refractivity contribution in [1.29, 1.82) is 0 Å². The summed E-state index contributed by atoms with van der Waals surface area (Å²) < 4.78 is 2.40. The van der Waals surface area contributed by atoms with Gasteiger partial charge in [-0.05, 0) is 44.9 Å². The van der Waals surface area contributed by atoms with Gasteiger partial charge in [0.05, 0.1) is 10.8 Å². The van der Waals surface area contributed by atoms with E-state index in [1.54, 1.807) is 6.20 Å². The molecule has 0 N–H and O–H groups in total. The molecule has 0 aromatic carbocycles. The van der Waals surface area contributed by atoms with Gasteiger partial charge in [0.15, 0.2) is 5.78 Å². The van der Waals surface area contributed by atoms with Crippen molar-refractivity contribution in [3.05, 3.63) is 47.4 Å². The lowest BCUT2D eigenvalue weighted by atomic mass is 9.95. The van der Waals surface area contributed by atoms with E-state index >= 15 is 0 Å². The van der Waals surface area contributed by atoms with Gasteiger partial charge in [-0.15, -0.1) is 0 Å². The molecule has 0 saturated heterocycles. The van der Waals surface area contributed by atoms with Crippen LogP contribution in [0.15, 0.2) is 35.5 Å². The predicted molar refractivity (Wildman–Crippen MR) is 95.3 cm³/mol. The van der Waals surface area contributed by atoms with E-state index in [2.05, 4.69) is 29.5 Å². The molecular formula is C19H24N2OS. The van der Waals surface area contributed by atoms with E-state index in [4.69, 9.17) is 0 Å². The maximum absolute atomic E-state index is 12.6. The summed E-state index contributed by atoms with van der Waals surface area (Å²) in [5.41, 5.74) is 3.25. The Hall–Kier alpha value is -1.55. The normalized spacial score (nSPS) is 15.7. The van der Waals surface area contributed by atoms with Crippen molar-refractivity contribution in [3.8, 4) is 0 Å². The third-order valence-corrected chi connectivity index (χ3v) is 5.66. The number of pyridine rings is 1. The van der Waals surface area contributed by atoms with E-state index < -0.39 is 0 Å². The minimum Gasteiger partial charge on any atom is -0.345 e. The fourth-order valence-corrected chi connectivity index (χ4v) is 4.35. The molecule has 1 aliphatic rings. The minimum atomic E-state index is 0.204. The Bertz CT molecular complexity index is 672. The van der Waals surface area contributed by atoms with E-state index in [1.165, 1.54) is 49.6 Å². The first-order valence-corrected chi connectivity index (χ1v) is 9.41. The number of ketones is 1. The molecule has 2 heterocycles. The average molecular weight is 328 g/mol. The maximum atomic E-state index is 12.6. The molecule has 0 amide bonds. The highest BCUT2D eigenvalue weighted by Gasteiger charge is 2.22. The van der Waals surface area contributed by atoms with Gasteiger partial charge in [0, 0.05) is 29.2 Å². The zero-order valence-corrected chi connectivity index (χ0v) is 14.7. The summed E-state index contributed by atoms with van der Waals surface area (Å²) in [4.78, 5) is 16.9. The van der Waals surface area contributed by atoms with Gasteiger partial charge in [-0.2, -0.15) is 0 Å². The van der Waals surface area contributed by atoms with Crippen LogP contribution in [0.25, 0.3) is 0 Å². The number of hydrogen-bond donors (Lipinski definition) is 0. The predicted octanol–water partition coefficient (Wildman–Crippen LogP) is 4.98. The fraction of sp³-hybridized carbons (Fsp3) is 0.474. The number of carbonyl (C=O) groups is 1. The number of Topliss-reactive ketones (excluding diaryl/α,β-unsaturated/α-hetero) is 1. The molecule has 0 atom stereocenters. The van der Waals surface area contributed by atoms with Crippen molar-refractivity contribution >= 4 is 17.5 Å². The molecule has 2 aromatic rings. The highest BCUT2D eigenvalue weighted by atomic mass is 32.2. The molecule has 4 heteroatoms. The van der Waals surface area contributed by atoms with E-state index in [0.29, 0.717) is 11.8 Å². The third-order valence-electron chi connectivity index (χ3n) is 4.71. The first-order chi connectivity index (χ1) is 11.2. The Labute approximate surface area is 142 Å². The molecule has 1 fully saturated rings. The molecule has 0 radical (unpaired) electrons. The number of thioether (sulfide) groups is 1. The molecule has 0 aliphatic heterocycles. The van der Waals surface area contributed by atoms with Crippen molar-refractivity contribution in [2.45, 2.75) is 57.0 Å². The molecule has 2 aromatic heterocycles. The highest BCUT2D eigenvalue weighted by Crippen LogP contribution is 2.32. The van der Waals surface area contributed by atoms with Gasteiger partial charge in [-0.3, -0.25) is 4.79 Å². The number of carbonyl (C=O) groups excluding carboxylic acids is 1. The lowest BCUT2D eigenvalue weighted by Crippen LogP contribution is -2.16. The molecule has 0 unspecified atom stereocenters. The minimum absolute atomic E-state index is 0.204. The number of hydrogen-bond acceptors (Lipinski definition) is 3. The van der Waals surface area contributed by atoms with E-state index in [0.717, 1.165) is 16.3 Å². The Morgan fingerprint density at radius 3 is 2.74 bits per heavy atom. The summed E-state index contributed by atoms with van der Waals surface area (Å²) in [6.45, 7) is 4.23. The van der Waals surface area contributed by atoms with Gasteiger partial charge in [0.2, 0.25) is 0 Å². The van der Waals surface area contributed by atoms with Crippen molar-refractivity contribution in [2.24, 2.45) is 0 Å². The monoisotopic (exact) mass is 328 g/mol. The summed E-state index contributed by atoms with van der Waals surface area (Å²) in [5.74, 6) is 0.655. The average Bonchev–Trinajstić information content (AvgIpc) is 2.89. The Balaban J connectivity index is 1.73. The van der Waals surface area contributed by atoms with Gasteiger partial charge < -0.3 is 4.57 Å². The number of aromatic nitrogens is 2. The van der Waals surface area contributed by atoms with Crippen molar-refractivity contribution < 1.29 is 4.79 Å². The topological polar surface area (TPSA) is 34.9 Å². The Morgan fingerprint density at radius 1 is 1.26 bits per heavy atom. The van der Waals surface area contributed by atoms with Crippen molar-refractivity contribution in [3.63, 3.8) is 0 Å². The van der Waals surface area contributed by atoms with Gasteiger partial charge in [0.25, 0.3) is 0 Å². The maximum Gasteiger partial charge on any atom is 0.174 e. The Kier molecular flexibility index (Phi) is 5.21. The smallest absolute Gasteiger partial charge is 0.174 e. The van der Waals surface area contributed by atoms with Crippen LogP contribution in [0.1, 0.15) is 59.9 Å². The van der Waals surface area contributed by atoms with E-state index in [9.17, 15) is 4.79 Å². The summed E-state index contributed by atoms with van der Waals surface area (Å²) in [6.07, 6.45) is 8.21. The summed E-state index contributed by atoms with van der Waals surface area (Å²) in [6, 6.07) is 8.45. The van der Waals surface area contributed by atoms with Gasteiger partial charge in [-0.1, -0.05) is 37.1 Å². The van der Waals surface area contributed by atoms with Crippen LogP contribution in [0.3, 0.4) is 0 Å². The molecular weight excluding hydrogens is 304 g/mol. The fourth-order valence-electron chi connectivity index (χ4n) is 3.61. The van der Waals surface area contributed by atoms with E-state index in [-0.39, 0.29) is 5.78 Å². The van der Waals surface area contributed by atoms with Crippen molar-refractivity contribution in [2.75, 3.05) is 5.75 Å². The van der Waals surface area contributed by atoms with Crippen LogP contribution in [-0.4, -0.2) is 21.1 Å². The van der Waals surface area contributed by atoms with Crippen LogP contribution in [-0.2, 0) is 0 Å². The lowest BCUT2D eigenvalue weighted by Gasteiger charge is -2.26. The largest absolute Gasteiger partial charge is 0.345 e. The summed E-state index contributed by atoms with van der Waals surface area (Å²) in [7, 11) is 0.